The van der Waals surface area contributed by atoms with Crippen LogP contribution in [0.3, 0.4) is 0 Å². The molecule has 0 fully saturated rings. The van der Waals surface area contributed by atoms with E-state index in [0.717, 1.165) is 10.9 Å². The fourth-order valence-corrected chi connectivity index (χ4v) is 15.9. The van der Waals surface area contributed by atoms with Gasteiger partial charge in [-0.3, -0.25) is 71.9 Å². The average Bonchev–Trinajstić information content (AvgIpc) is 1.59. The zero-order valence-electron chi connectivity index (χ0n) is 75.4. The largest absolute Gasteiger partial charge is 0.507 e. The van der Waals surface area contributed by atoms with Crippen molar-refractivity contribution in [3.8, 4) is 5.75 Å². The number of alkyl halides is 1. The highest BCUT2D eigenvalue weighted by atomic mass is 35.5. The number of nitrogens with one attached hydrogen (secondary N) is 15. The molecule has 16 N–H and O–H groups in total. The van der Waals surface area contributed by atoms with Gasteiger partial charge in [0.2, 0.25) is 52.8 Å². The SMILES string of the molecule is CC(=O)Nc1cn(C)c(C(=O)Nc2cn(C)c(C(=O)Nc3cc(C(=O)NCCC(=O)Nc4cn(C)c(C(=O)Nc5cc(C(=O)Nc6cc(C(=O)NCCCC(=O)Nc7cn(C)c(C(=O)Nc8cn(C)c(C(=O)Nc9cc(C(=O)NCCC(=O)Nc%10cc(C(=O)Nc%11ccc%12[nH]c(C(=O)N%13CC(CCl)c%14c%13cc(O)c%13ccccc%14%13)cc%12c%11)n(C)c%10)n(C)c9)n8)n7)n(C)c6)n(C)c5)n4)n(C)c3)n2)n1. The van der Waals surface area contributed by atoms with Crippen LogP contribution in [0.5, 0.6) is 5.75 Å². The van der Waals surface area contributed by atoms with Crippen molar-refractivity contribution in [3.63, 3.8) is 0 Å². The summed E-state index contributed by atoms with van der Waals surface area (Å²) in [6.07, 6.45) is 14.4. The molecule has 0 saturated heterocycles. The molecule has 1 aliphatic heterocycles. The lowest BCUT2D eigenvalue weighted by Crippen LogP contribution is -2.30. The molecule has 12 heterocycles. The number of aromatic amines is 1. The van der Waals surface area contributed by atoms with Gasteiger partial charge in [0.05, 0.1) is 34.1 Å². The number of anilines is 12. The molecule has 15 amide bonds. The minimum absolute atomic E-state index is 0.0170. The van der Waals surface area contributed by atoms with Gasteiger partial charge in [-0.05, 0) is 72.0 Å². The zero-order chi connectivity index (χ0) is 97.8. The molecule has 1 unspecified atom stereocenters. The van der Waals surface area contributed by atoms with Gasteiger partial charge < -0.3 is 135 Å². The number of hydrogen-bond donors (Lipinski definition) is 16. The average molecular weight is 1890 g/mol. The first-order chi connectivity index (χ1) is 65.3. The number of rotatable bonds is 33. The highest BCUT2D eigenvalue weighted by Crippen LogP contribution is 2.46. The van der Waals surface area contributed by atoms with E-state index in [9.17, 15) is 77.0 Å². The summed E-state index contributed by atoms with van der Waals surface area (Å²) >= 11 is 6.43. The third-order valence-electron chi connectivity index (χ3n) is 22.0. The summed E-state index contributed by atoms with van der Waals surface area (Å²) in [7, 11) is 15.7. The van der Waals surface area contributed by atoms with Crippen LogP contribution in [0.1, 0.15) is 160 Å². The molecule has 47 nitrogen and oxygen atoms in total. The highest BCUT2D eigenvalue weighted by molar-refractivity contribution is 6.20. The highest BCUT2D eigenvalue weighted by Gasteiger charge is 2.37. The first-order valence-electron chi connectivity index (χ1n) is 42.3. The fourth-order valence-electron chi connectivity index (χ4n) is 15.6. The van der Waals surface area contributed by atoms with Gasteiger partial charge in [0.15, 0.2) is 29.1 Å². The summed E-state index contributed by atoms with van der Waals surface area (Å²) in [6, 6.07) is 23.1. The number of amides is 15. The molecule has 15 rings (SSSR count). The van der Waals surface area contributed by atoms with Gasteiger partial charge in [-0.1, -0.05) is 24.3 Å². The van der Waals surface area contributed by atoms with E-state index >= 15 is 0 Å². The number of aromatic nitrogens is 16. The van der Waals surface area contributed by atoms with Crippen molar-refractivity contribution in [2.24, 2.45) is 70.5 Å². The van der Waals surface area contributed by atoms with Crippen LogP contribution in [0.2, 0.25) is 0 Å². The normalized spacial score (nSPS) is 12.1. The number of imidazole rings is 5. The number of carbonyl (C=O) groups is 15. The second-order valence-electron chi connectivity index (χ2n) is 32.4. The van der Waals surface area contributed by atoms with Crippen molar-refractivity contribution < 1.29 is 77.0 Å². The summed E-state index contributed by atoms with van der Waals surface area (Å²) in [5.74, 6) is -8.25. The number of carbonyl (C=O) groups excluding carboxylic acids is 15. The summed E-state index contributed by atoms with van der Waals surface area (Å²) < 4.78 is 14.4. The molecule has 0 aliphatic carbocycles. The van der Waals surface area contributed by atoms with Crippen LogP contribution in [0.15, 0.2) is 147 Å². The van der Waals surface area contributed by atoms with E-state index in [0.29, 0.717) is 45.6 Å². The van der Waals surface area contributed by atoms with Crippen LogP contribution < -0.4 is 79.3 Å². The number of phenolic OH excluding ortho intramolecular Hbond substituents is 1. The Morgan fingerprint density at radius 1 is 0.365 bits per heavy atom. The topological polar surface area (TPSA) is 577 Å². The van der Waals surface area contributed by atoms with Crippen molar-refractivity contribution in [1.29, 1.82) is 0 Å². The Morgan fingerprint density at radius 2 is 0.715 bits per heavy atom. The van der Waals surface area contributed by atoms with E-state index in [-0.39, 0.29) is 184 Å². The summed E-state index contributed by atoms with van der Waals surface area (Å²) in [6.45, 7) is 1.50. The van der Waals surface area contributed by atoms with Crippen LogP contribution in [0, 0.1) is 0 Å². The number of hydrogen-bond acceptors (Lipinski definition) is 21. The molecule has 1 aliphatic rings. The number of aryl methyl sites for hydroxylation is 10. The Kier molecular flexibility index (Phi) is 26.8. The fraction of sp³-hybridized carbons (Fsp3) is 0.236. The number of aromatic hydroxyl groups is 1. The molecule has 11 aromatic heterocycles. The molecule has 0 bridgehead atoms. The van der Waals surface area contributed by atoms with Crippen molar-refractivity contribution in [3.05, 3.63) is 216 Å². The molecule has 137 heavy (non-hydrogen) atoms. The van der Waals surface area contributed by atoms with Crippen molar-refractivity contribution in [2.45, 2.75) is 38.5 Å². The Hall–Kier alpha value is -18.0. The predicted molar refractivity (Wildman–Crippen MR) is 503 cm³/mol. The minimum Gasteiger partial charge on any atom is -0.507 e. The van der Waals surface area contributed by atoms with Crippen LogP contribution in [-0.2, 0) is 89.7 Å². The molecule has 0 spiro atoms. The van der Waals surface area contributed by atoms with Crippen LogP contribution in [0.4, 0.5) is 68.9 Å². The monoisotopic (exact) mass is 1890 g/mol. The number of fused-ring (bicyclic) bond motifs is 4. The van der Waals surface area contributed by atoms with Crippen LogP contribution in [-0.4, -0.2) is 201 Å². The lowest BCUT2D eigenvalue weighted by atomic mass is 9.95. The number of benzene rings is 3. The molecule has 14 aromatic rings. The second-order valence-corrected chi connectivity index (χ2v) is 32.7. The van der Waals surface area contributed by atoms with E-state index in [1.54, 1.807) is 95.3 Å². The predicted octanol–water partition coefficient (Wildman–Crippen LogP) is 6.76. The van der Waals surface area contributed by atoms with E-state index in [1.165, 1.54) is 155 Å². The van der Waals surface area contributed by atoms with E-state index < -0.39 is 76.8 Å². The maximum absolute atomic E-state index is 14.1. The van der Waals surface area contributed by atoms with E-state index in [1.807, 2.05) is 24.3 Å². The lowest BCUT2D eigenvalue weighted by molar-refractivity contribution is -0.117. The van der Waals surface area contributed by atoms with Gasteiger partial charge in [0.25, 0.3) is 65.0 Å². The Balaban J connectivity index is 0.445. The first-order valence-corrected chi connectivity index (χ1v) is 42.8. The maximum atomic E-state index is 14.1. The maximum Gasteiger partial charge on any atom is 0.292 e. The number of H-pyrrole nitrogens is 1. The van der Waals surface area contributed by atoms with Gasteiger partial charge in [0, 0.05) is 225 Å². The van der Waals surface area contributed by atoms with E-state index in [2.05, 4.69) is 104 Å². The lowest BCUT2D eigenvalue weighted by Gasteiger charge is -2.17. The molecule has 3 aromatic carbocycles. The molecule has 0 radical (unpaired) electrons. The summed E-state index contributed by atoms with van der Waals surface area (Å²) in [5.41, 5.74) is 4.97. The standard InChI is InChI=1S/C89H92ClN31O16/c1-45(122)94-65-40-116(7)77(104-65)87(135)109-68-43-119(10)75(107-68)85(133)99-52-30-61(113(4)38-52)81(129)93-24-21-72(126)103-67-42-117(8)74(105-67)84(132)100-53-31-63(115(6)39-53)83(131)97-50-28-59(111(2)36-50)79(127)91-22-14-17-70(124)102-66-41-118(9)78(106-66)88(136)110-69-44-120(11)76(108-69)86(134)98-51-29-60(112(3)37-51)80(128)92-23-20-71(125)95-49-27-62(114(5)35-49)82(130)96-48-18-19-56-46(25-48)26-57(101-56)89(137)121-34-47(33-90)73-55-16-13-12-15-54(55)64(123)32-58(73)121/h12-13,15-16,18-19,25-32,35-44,47,101,123H,14,17,20-24,33-34H2,1-11H3,(H,91,127)(H,92,128)(H,93,129)(H,94,122)(H,95,125)(H,96,130)(H,97,131)(H,98,134)(H,99,133)(H,100,132)(H,102,124)(H,103,126)(H,109,135)(H,110,136). The molecular formula is C89H92ClN31O16. The Labute approximate surface area is 781 Å². The molecule has 1 atom stereocenters. The second kappa shape index (κ2) is 39.2. The number of halogens is 1. The molecular weight excluding hydrogens is 1790 g/mol. The van der Waals surface area contributed by atoms with E-state index in [4.69, 9.17) is 11.6 Å². The van der Waals surface area contributed by atoms with Crippen LogP contribution in [0.25, 0.3) is 21.7 Å². The smallest absolute Gasteiger partial charge is 0.292 e. The van der Waals surface area contributed by atoms with Gasteiger partial charge in [-0.15, -0.1) is 11.6 Å². The summed E-state index contributed by atoms with van der Waals surface area (Å²) in [4.78, 5) is 225. The summed E-state index contributed by atoms with van der Waals surface area (Å²) in [5, 5.41) is 50.6. The third kappa shape index (κ3) is 21.0. The minimum atomic E-state index is -0.731. The van der Waals surface area contributed by atoms with Crippen molar-refractivity contribution in [1.82, 2.24) is 91.5 Å². The van der Waals surface area contributed by atoms with Crippen molar-refractivity contribution >= 4 is 191 Å². The Bertz CT molecular complexity index is 7290. The van der Waals surface area contributed by atoms with Crippen LogP contribution >= 0.6 is 11.6 Å². The van der Waals surface area contributed by atoms with Gasteiger partial charge in [-0.2, -0.15) is 0 Å². The van der Waals surface area contributed by atoms with Gasteiger partial charge in [0.1, 0.15) is 39.9 Å². The number of nitrogens with zero attached hydrogens (tertiary/aromatic N) is 16. The third-order valence-corrected chi connectivity index (χ3v) is 22.4. The first kappa shape index (κ1) is 93.7. The van der Waals surface area contributed by atoms with Crippen molar-refractivity contribution in [2.75, 3.05) is 95.4 Å². The van der Waals surface area contributed by atoms with Gasteiger partial charge >= 0.3 is 0 Å². The molecule has 706 valence electrons. The Morgan fingerprint density at radius 3 is 1.13 bits per heavy atom. The zero-order valence-corrected chi connectivity index (χ0v) is 76.2. The number of phenols is 1. The quantitative estimate of drug-likeness (QED) is 0.0149. The van der Waals surface area contributed by atoms with Gasteiger partial charge in [-0.25, -0.2) is 24.9 Å². The molecule has 48 heteroatoms. The molecule has 0 saturated carbocycles.